The molecular weight excluding hydrogens is 214 g/mol. The van der Waals surface area contributed by atoms with Gasteiger partial charge in [0.25, 0.3) is 5.69 Å². The van der Waals surface area contributed by atoms with Gasteiger partial charge < -0.3 is 10.6 Å². The standard InChI is InChI=1S/C9H11N3O2S/c10-9(15)11-4-3-6-5-7(12(13)14)1-2-8(6)11/h1-2,5,9,15H,3-4,10H2. The van der Waals surface area contributed by atoms with E-state index in [0.29, 0.717) is 0 Å². The highest BCUT2D eigenvalue weighted by Gasteiger charge is 2.23. The lowest BCUT2D eigenvalue weighted by Gasteiger charge is -2.22. The molecular formula is C9H11N3O2S. The van der Waals surface area contributed by atoms with Crippen LogP contribution in [0.3, 0.4) is 0 Å². The maximum absolute atomic E-state index is 10.6. The number of hydrogen-bond acceptors (Lipinski definition) is 5. The van der Waals surface area contributed by atoms with Crippen LogP contribution >= 0.6 is 12.6 Å². The van der Waals surface area contributed by atoms with Gasteiger partial charge >= 0.3 is 0 Å². The van der Waals surface area contributed by atoms with E-state index in [-0.39, 0.29) is 16.1 Å². The van der Waals surface area contributed by atoms with Crippen molar-refractivity contribution in [3.8, 4) is 0 Å². The number of nitro groups is 1. The molecule has 2 rings (SSSR count). The Balaban J connectivity index is 2.37. The molecule has 1 unspecified atom stereocenters. The molecule has 0 spiro atoms. The van der Waals surface area contributed by atoms with E-state index in [9.17, 15) is 10.1 Å². The van der Waals surface area contributed by atoms with E-state index in [4.69, 9.17) is 5.73 Å². The Morgan fingerprint density at radius 1 is 1.60 bits per heavy atom. The lowest BCUT2D eigenvalue weighted by Crippen LogP contribution is -2.36. The Hall–Kier alpha value is -1.27. The summed E-state index contributed by atoms with van der Waals surface area (Å²) in [6.45, 7) is 0.765. The van der Waals surface area contributed by atoms with Crippen molar-refractivity contribution < 1.29 is 4.92 Å². The summed E-state index contributed by atoms with van der Waals surface area (Å²) in [5, 5.41) is 10.6. The third-order valence-electron chi connectivity index (χ3n) is 2.52. The van der Waals surface area contributed by atoms with Crippen molar-refractivity contribution in [2.75, 3.05) is 11.4 Å². The summed E-state index contributed by atoms with van der Waals surface area (Å²) in [6, 6.07) is 4.83. The van der Waals surface area contributed by atoms with Crippen LogP contribution in [0.25, 0.3) is 0 Å². The normalized spacial score (nSPS) is 16.3. The van der Waals surface area contributed by atoms with Crippen LogP contribution in [-0.2, 0) is 6.42 Å². The molecule has 1 aromatic rings. The van der Waals surface area contributed by atoms with Crippen LogP contribution in [0.1, 0.15) is 5.56 Å². The van der Waals surface area contributed by atoms with E-state index in [1.54, 1.807) is 12.1 Å². The molecule has 0 saturated carbocycles. The minimum Gasteiger partial charge on any atom is -0.347 e. The zero-order chi connectivity index (χ0) is 11.0. The third kappa shape index (κ3) is 1.78. The molecule has 0 amide bonds. The molecule has 0 bridgehead atoms. The molecule has 1 atom stereocenters. The van der Waals surface area contributed by atoms with Gasteiger partial charge in [-0.1, -0.05) is 0 Å². The maximum atomic E-state index is 10.6. The van der Waals surface area contributed by atoms with Gasteiger partial charge in [-0.15, -0.1) is 12.6 Å². The van der Waals surface area contributed by atoms with Crippen LogP contribution in [0.4, 0.5) is 11.4 Å². The number of fused-ring (bicyclic) bond motifs is 1. The summed E-state index contributed by atoms with van der Waals surface area (Å²) in [7, 11) is 0. The van der Waals surface area contributed by atoms with Crippen LogP contribution in [0.15, 0.2) is 18.2 Å². The molecule has 1 aliphatic rings. The third-order valence-corrected chi connectivity index (χ3v) is 2.80. The molecule has 0 aromatic heterocycles. The predicted octanol–water partition coefficient (Wildman–Crippen LogP) is 1.13. The summed E-state index contributed by atoms with van der Waals surface area (Å²) >= 11 is 4.15. The van der Waals surface area contributed by atoms with Crippen LogP contribution in [0.5, 0.6) is 0 Å². The molecule has 1 heterocycles. The molecule has 0 aliphatic carbocycles. The van der Waals surface area contributed by atoms with Gasteiger partial charge in [-0.2, -0.15) is 0 Å². The number of anilines is 1. The molecule has 1 aromatic carbocycles. The Morgan fingerprint density at radius 3 is 2.93 bits per heavy atom. The Kier molecular flexibility index (Phi) is 2.54. The number of nitrogens with two attached hydrogens (primary N) is 1. The Labute approximate surface area is 92.4 Å². The first kappa shape index (κ1) is 10.3. The van der Waals surface area contributed by atoms with Crippen LogP contribution in [-0.4, -0.2) is 17.0 Å². The van der Waals surface area contributed by atoms with Gasteiger partial charge in [-0.3, -0.25) is 10.1 Å². The summed E-state index contributed by atoms with van der Waals surface area (Å²) < 4.78 is 0. The highest BCUT2D eigenvalue weighted by atomic mass is 32.1. The summed E-state index contributed by atoms with van der Waals surface area (Å²) in [5.41, 5.74) is 7.35. The molecule has 1 aliphatic heterocycles. The zero-order valence-electron chi connectivity index (χ0n) is 7.96. The molecule has 15 heavy (non-hydrogen) atoms. The van der Waals surface area contributed by atoms with Gasteiger partial charge in [0.05, 0.1) is 4.92 Å². The van der Waals surface area contributed by atoms with E-state index in [0.717, 1.165) is 24.2 Å². The number of benzene rings is 1. The van der Waals surface area contributed by atoms with Gasteiger partial charge in [0.1, 0.15) is 5.50 Å². The highest BCUT2D eigenvalue weighted by Crippen LogP contribution is 2.32. The van der Waals surface area contributed by atoms with Gasteiger partial charge in [0, 0.05) is 24.4 Å². The second kappa shape index (κ2) is 3.71. The molecule has 0 radical (unpaired) electrons. The molecule has 2 N–H and O–H groups in total. The number of rotatable bonds is 2. The van der Waals surface area contributed by atoms with Crippen molar-refractivity contribution in [1.29, 1.82) is 0 Å². The fourth-order valence-electron chi connectivity index (χ4n) is 1.80. The summed E-state index contributed by atoms with van der Waals surface area (Å²) in [4.78, 5) is 12.1. The lowest BCUT2D eigenvalue weighted by atomic mass is 10.1. The van der Waals surface area contributed by atoms with Crippen molar-refractivity contribution >= 4 is 24.0 Å². The van der Waals surface area contributed by atoms with Crippen molar-refractivity contribution in [3.05, 3.63) is 33.9 Å². The quantitative estimate of drug-likeness (QED) is 0.342. The fraction of sp³-hybridized carbons (Fsp3) is 0.333. The second-order valence-electron chi connectivity index (χ2n) is 3.43. The van der Waals surface area contributed by atoms with Gasteiger partial charge in [0.15, 0.2) is 0 Å². The summed E-state index contributed by atoms with van der Waals surface area (Å²) in [5.74, 6) is 0. The molecule has 0 fully saturated rings. The summed E-state index contributed by atoms with van der Waals surface area (Å²) in [6.07, 6.45) is 0.783. The average Bonchev–Trinajstić information content (AvgIpc) is 2.59. The highest BCUT2D eigenvalue weighted by molar-refractivity contribution is 7.81. The Morgan fingerprint density at radius 2 is 2.33 bits per heavy atom. The number of nitrogens with zero attached hydrogens (tertiary/aromatic N) is 2. The van der Waals surface area contributed by atoms with Gasteiger partial charge in [-0.05, 0) is 18.1 Å². The smallest absolute Gasteiger partial charge is 0.269 e. The van der Waals surface area contributed by atoms with E-state index in [1.165, 1.54) is 6.07 Å². The predicted molar refractivity (Wildman–Crippen MR) is 61.1 cm³/mol. The monoisotopic (exact) mass is 225 g/mol. The number of nitro benzene ring substituents is 1. The maximum Gasteiger partial charge on any atom is 0.269 e. The number of hydrogen-bond donors (Lipinski definition) is 2. The molecule has 0 saturated heterocycles. The first-order valence-corrected chi connectivity index (χ1v) is 5.09. The van der Waals surface area contributed by atoms with Crippen LogP contribution in [0.2, 0.25) is 0 Å². The van der Waals surface area contributed by atoms with E-state index in [2.05, 4.69) is 12.6 Å². The van der Waals surface area contributed by atoms with E-state index < -0.39 is 0 Å². The first-order chi connectivity index (χ1) is 7.09. The number of thiol groups is 1. The van der Waals surface area contributed by atoms with Crippen molar-refractivity contribution in [2.45, 2.75) is 11.9 Å². The first-order valence-electron chi connectivity index (χ1n) is 4.57. The van der Waals surface area contributed by atoms with Crippen LogP contribution in [0, 0.1) is 10.1 Å². The zero-order valence-corrected chi connectivity index (χ0v) is 8.85. The second-order valence-corrected chi connectivity index (χ2v) is 3.96. The Bertz CT molecular complexity index is 408. The molecule has 6 heteroatoms. The van der Waals surface area contributed by atoms with Crippen molar-refractivity contribution in [1.82, 2.24) is 0 Å². The largest absolute Gasteiger partial charge is 0.347 e. The average molecular weight is 225 g/mol. The van der Waals surface area contributed by atoms with E-state index in [1.807, 2.05) is 4.90 Å². The lowest BCUT2D eigenvalue weighted by molar-refractivity contribution is -0.384. The minimum absolute atomic E-state index is 0.128. The van der Waals surface area contributed by atoms with Gasteiger partial charge in [-0.25, -0.2) is 0 Å². The topological polar surface area (TPSA) is 72.4 Å². The minimum atomic E-state index is -0.385. The molecule has 5 nitrogen and oxygen atoms in total. The van der Waals surface area contributed by atoms with Crippen LogP contribution < -0.4 is 10.6 Å². The van der Waals surface area contributed by atoms with E-state index >= 15 is 0 Å². The number of non-ortho nitro benzene ring substituents is 1. The van der Waals surface area contributed by atoms with Crippen molar-refractivity contribution in [3.63, 3.8) is 0 Å². The van der Waals surface area contributed by atoms with Crippen molar-refractivity contribution in [2.24, 2.45) is 5.73 Å². The fourth-order valence-corrected chi connectivity index (χ4v) is 2.04. The molecule has 80 valence electrons. The SMILES string of the molecule is NC(S)N1CCc2cc([N+](=O)[O-])ccc21. The van der Waals surface area contributed by atoms with Gasteiger partial charge in [0.2, 0.25) is 0 Å².